The fraction of sp³-hybridized carbons (Fsp3) is 0.333. The van der Waals surface area contributed by atoms with Gasteiger partial charge in [-0.05, 0) is 43.3 Å². The average molecular weight is 440 g/mol. The zero-order valence-electron chi connectivity index (χ0n) is 16.2. The van der Waals surface area contributed by atoms with Gasteiger partial charge in [-0.3, -0.25) is 14.5 Å². The molecular formula is C21H21ClF3N3O2. The van der Waals surface area contributed by atoms with Crippen molar-refractivity contribution in [3.8, 4) is 0 Å². The molecule has 5 nitrogen and oxygen atoms in total. The van der Waals surface area contributed by atoms with Crippen molar-refractivity contribution in [1.82, 2.24) is 9.80 Å². The lowest BCUT2D eigenvalue weighted by Gasteiger charge is -2.37. The number of halogens is 4. The summed E-state index contributed by atoms with van der Waals surface area (Å²) >= 11 is 5.84. The Morgan fingerprint density at radius 3 is 2.20 bits per heavy atom. The van der Waals surface area contributed by atoms with E-state index in [0.717, 1.165) is 6.07 Å². The summed E-state index contributed by atoms with van der Waals surface area (Å²) in [5.74, 6) is -0.861. The molecule has 1 heterocycles. The SMILES string of the molecule is CC(C(=O)Nc1ccc(Cl)cc1)N1CCN(C(=O)c2ccccc2C(F)(F)F)CC1. The molecule has 30 heavy (non-hydrogen) atoms. The van der Waals surface area contributed by atoms with E-state index in [1.54, 1.807) is 31.2 Å². The van der Waals surface area contributed by atoms with Crippen molar-refractivity contribution >= 4 is 29.1 Å². The third-order valence-electron chi connectivity index (χ3n) is 5.10. The van der Waals surface area contributed by atoms with Crippen LogP contribution in [0.2, 0.25) is 5.02 Å². The summed E-state index contributed by atoms with van der Waals surface area (Å²) in [5, 5.41) is 3.37. The second-order valence-electron chi connectivity index (χ2n) is 7.04. The fourth-order valence-corrected chi connectivity index (χ4v) is 3.47. The number of rotatable bonds is 4. The normalized spacial score (nSPS) is 16.2. The van der Waals surface area contributed by atoms with Crippen molar-refractivity contribution < 1.29 is 22.8 Å². The van der Waals surface area contributed by atoms with Crippen molar-refractivity contribution in [1.29, 1.82) is 0 Å². The van der Waals surface area contributed by atoms with Gasteiger partial charge in [0.2, 0.25) is 5.91 Å². The molecule has 1 saturated heterocycles. The molecule has 2 aromatic rings. The molecule has 1 aliphatic heterocycles. The Balaban J connectivity index is 1.60. The quantitative estimate of drug-likeness (QED) is 0.779. The molecule has 0 radical (unpaired) electrons. The van der Waals surface area contributed by atoms with Crippen molar-refractivity contribution in [2.45, 2.75) is 19.1 Å². The minimum atomic E-state index is -4.59. The predicted octanol–water partition coefficient (Wildman–Crippen LogP) is 4.14. The first-order valence-corrected chi connectivity index (χ1v) is 9.80. The van der Waals surface area contributed by atoms with Crippen molar-refractivity contribution in [3.05, 3.63) is 64.7 Å². The van der Waals surface area contributed by atoms with Crippen molar-refractivity contribution in [2.75, 3.05) is 31.5 Å². The number of hydrogen-bond acceptors (Lipinski definition) is 3. The van der Waals surface area contributed by atoms with Gasteiger partial charge in [-0.1, -0.05) is 23.7 Å². The Hall–Kier alpha value is -2.58. The van der Waals surface area contributed by atoms with E-state index in [1.807, 2.05) is 4.90 Å². The first-order chi connectivity index (χ1) is 14.2. The van der Waals surface area contributed by atoms with Gasteiger partial charge in [0.25, 0.3) is 5.91 Å². The van der Waals surface area contributed by atoms with Gasteiger partial charge in [0, 0.05) is 36.9 Å². The lowest BCUT2D eigenvalue weighted by molar-refractivity contribution is -0.138. The number of nitrogens with zero attached hydrogens (tertiary/aromatic N) is 2. The van der Waals surface area contributed by atoms with Crippen LogP contribution in [-0.2, 0) is 11.0 Å². The van der Waals surface area contributed by atoms with Gasteiger partial charge in [-0.2, -0.15) is 13.2 Å². The molecule has 0 aliphatic carbocycles. The molecule has 1 fully saturated rings. The van der Waals surface area contributed by atoms with Crippen LogP contribution in [0, 0.1) is 0 Å². The fourth-order valence-electron chi connectivity index (χ4n) is 3.35. The molecule has 2 amide bonds. The summed E-state index contributed by atoms with van der Waals surface area (Å²) in [6, 6.07) is 11.1. The second kappa shape index (κ2) is 9.06. The van der Waals surface area contributed by atoms with Crippen LogP contribution < -0.4 is 5.32 Å². The van der Waals surface area contributed by atoms with E-state index in [9.17, 15) is 22.8 Å². The highest BCUT2D eigenvalue weighted by molar-refractivity contribution is 6.30. The zero-order chi connectivity index (χ0) is 21.9. The molecule has 3 rings (SSSR count). The van der Waals surface area contributed by atoms with Crippen LogP contribution in [0.15, 0.2) is 48.5 Å². The van der Waals surface area contributed by atoms with Crippen LogP contribution >= 0.6 is 11.6 Å². The van der Waals surface area contributed by atoms with E-state index in [-0.39, 0.29) is 24.6 Å². The van der Waals surface area contributed by atoms with Crippen molar-refractivity contribution in [2.24, 2.45) is 0 Å². The summed E-state index contributed by atoms with van der Waals surface area (Å²) in [4.78, 5) is 28.4. The highest BCUT2D eigenvalue weighted by atomic mass is 35.5. The number of nitrogens with one attached hydrogen (secondary N) is 1. The second-order valence-corrected chi connectivity index (χ2v) is 7.48. The number of amides is 2. The lowest BCUT2D eigenvalue weighted by atomic mass is 10.1. The largest absolute Gasteiger partial charge is 0.417 e. The van der Waals surface area contributed by atoms with Gasteiger partial charge in [0.15, 0.2) is 0 Å². The van der Waals surface area contributed by atoms with E-state index in [4.69, 9.17) is 11.6 Å². The maximum absolute atomic E-state index is 13.2. The van der Waals surface area contributed by atoms with Gasteiger partial charge in [0.1, 0.15) is 0 Å². The third kappa shape index (κ3) is 5.12. The molecular weight excluding hydrogens is 419 g/mol. The number of benzene rings is 2. The Morgan fingerprint density at radius 1 is 1.00 bits per heavy atom. The molecule has 1 N–H and O–H groups in total. The van der Waals surface area contributed by atoms with E-state index >= 15 is 0 Å². The molecule has 1 aliphatic rings. The minimum absolute atomic E-state index is 0.209. The molecule has 1 atom stereocenters. The molecule has 2 aromatic carbocycles. The average Bonchev–Trinajstić information content (AvgIpc) is 2.74. The van der Waals surface area contributed by atoms with Crippen LogP contribution in [0.4, 0.5) is 18.9 Å². The summed E-state index contributed by atoms with van der Waals surface area (Å²) in [7, 11) is 0. The van der Waals surface area contributed by atoms with E-state index < -0.39 is 23.7 Å². The number of piperazine rings is 1. The monoisotopic (exact) mass is 439 g/mol. The Kier molecular flexibility index (Phi) is 6.67. The van der Waals surface area contributed by atoms with Crippen molar-refractivity contribution in [3.63, 3.8) is 0 Å². The van der Waals surface area contributed by atoms with Crippen LogP contribution in [0.5, 0.6) is 0 Å². The summed E-state index contributed by atoms with van der Waals surface area (Å²) in [6.45, 7) is 3.00. The van der Waals surface area contributed by atoms with Gasteiger partial charge < -0.3 is 10.2 Å². The highest BCUT2D eigenvalue weighted by Crippen LogP contribution is 2.32. The van der Waals surface area contributed by atoms with Gasteiger partial charge in [-0.25, -0.2) is 0 Å². The predicted molar refractivity (Wildman–Crippen MR) is 108 cm³/mol. The minimum Gasteiger partial charge on any atom is -0.336 e. The van der Waals surface area contributed by atoms with E-state index in [0.29, 0.717) is 23.8 Å². The molecule has 0 bridgehead atoms. The molecule has 160 valence electrons. The maximum Gasteiger partial charge on any atom is 0.417 e. The molecule has 1 unspecified atom stereocenters. The van der Waals surface area contributed by atoms with Gasteiger partial charge in [0.05, 0.1) is 17.2 Å². The van der Waals surface area contributed by atoms with Gasteiger partial charge >= 0.3 is 6.18 Å². The summed E-state index contributed by atoms with van der Waals surface area (Å²) < 4.78 is 39.6. The summed E-state index contributed by atoms with van der Waals surface area (Å²) in [5.41, 5.74) is -0.672. The number of alkyl halides is 3. The zero-order valence-corrected chi connectivity index (χ0v) is 17.0. The Bertz CT molecular complexity index is 910. The van der Waals surface area contributed by atoms with E-state index in [1.165, 1.54) is 23.1 Å². The number of carbonyl (C=O) groups is 2. The summed E-state index contributed by atoms with van der Waals surface area (Å²) in [6.07, 6.45) is -4.59. The lowest BCUT2D eigenvalue weighted by Crippen LogP contribution is -2.54. The first kappa shape index (κ1) is 22.1. The molecule has 0 saturated carbocycles. The molecule has 9 heteroatoms. The van der Waals surface area contributed by atoms with Crippen LogP contribution in [0.1, 0.15) is 22.8 Å². The van der Waals surface area contributed by atoms with E-state index in [2.05, 4.69) is 5.32 Å². The van der Waals surface area contributed by atoms with Crippen LogP contribution in [0.3, 0.4) is 0 Å². The Labute approximate surface area is 177 Å². The van der Waals surface area contributed by atoms with Crippen LogP contribution in [-0.4, -0.2) is 53.8 Å². The number of hydrogen-bond donors (Lipinski definition) is 1. The topological polar surface area (TPSA) is 52.7 Å². The van der Waals surface area contributed by atoms with Gasteiger partial charge in [-0.15, -0.1) is 0 Å². The highest BCUT2D eigenvalue weighted by Gasteiger charge is 2.36. The maximum atomic E-state index is 13.2. The van der Waals surface area contributed by atoms with Crippen LogP contribution in [0.25, 0.3) is 0 Å². The number of carbonyl (C=O) groups excluding carboxylic acids is 2. The third-order valence-corrected chi connectivity index (χ3v) is 5.36. The standard InChI is InChI=1S/C21H21ClF3N3O2/c1-14(19(29)26-16-8-6-15(22)7-9-16)27-10-12-28(13-11-27)20(30)17-4-2-3-5-18(17)21(23,24)25/h2-9,14H,10-13H2,1H3,(H,26,29). The first-order valence-electron chi connectivity index (χ1n) is 9.43. The molecule has 0 aromatic heterocycles. The smallest absolute Gasteiger partial charge is 0.336 e. The number of anilines is 1. The Morgan fingerprint density at radius 2 is 1.60 bits per heavy atom. The molecule has 0 spiro atoms.